The Morgan fingerprint density at radius 1 is 1.30 bits per heavy atom. The maximum absolute atomic E-state index is 4.66. The zero-order chi connectivity index (χ0) is 14.4. The van der Waals surface area contributed by atoms with Crippen LogP contribution >= 0.6 is 23.1 Å². The van der Waals surface area contributed by atoms with E-state index in [4.69, 9.17) is 0 Å². The third-order valence-electron chi connectivity index (χ3n) is 2.70. The van der Waals surface area contributed by atoms with Gasteiger partial charge in [-0.05, 0) is 24.5 Å². The normalized spacial score (nSPS) is 11.0. The molecule has 0 fully saturated rings. The van der Waals surface area contributed by atoms with Crippen LogP contribution in [0.4, 0.5) is 5.13 Å². The number of aromatic nitrogens is 3. The summed E-state index contributed by atoms with van der Waals surface area (Å²) in [6.07, 6.45) is 1.09. The Bertz CT molecular complexity index is 539. The third kappa shape index (κ3) is 4.45. The molecule has 0 radical (unpaired) electrons. The summed E-state index contributed by atoms with van der Waals surface area (Å²) in [5.74, 6) is 1.30. The predicted octanol–water partition coefficient (Wildman–Crippen LogP) is 4.17. The highest BCUT2D eigenvalue weighted by molar-refractivity contribution is 8.00. The summed E-state index contributed by atoms with van der Waals surface area (Å²) in [5.41, 5.74) is 2.24. The van der Waals surface area contributed by atoms with E-state index in [-0.39, 0.29) is 0 Å². The Morgan fingerprint density at radius 2 is 2.15 bits per heavy atom. The lowest BCUT2D eigenvalue weighted by Gasteiger charge is -2.05. The lowest BCUT2D eigenvalue weighted by Crippen LogP contribution is -1.98. The van der Waals surface area contributed by atoms with Crippen molar-refractivity contribution in [1.82, 2.24) is 15.2 Å². The van der Waals surface area contributed by atoms with Crippen molar-refractivity contribution in [2.75, 3.05) is 11.9 Å². The van der Waals surface area contributed by atoms with Crippen molar-refractivity contribution < 1.29 is 0 Å². The minimum Gasteiger partial charge on any atom is -0.360 e. The fourth-order valence-corrected chi connectivity index (χ4v) is 3.29. The summed E-state index contributed by atoms with van der Waals surface area (Å²) in [4.78, 5) is 4.66. The number of hydrogen-bond donors (Lipinski definition) is 1. The van der Waals surface area contributed by atoms with Gasteiger partial charge in [0.1, 0.15) is 0 Å². The third-order valence-corrected chi connectivity index (χ3v) is 4.74. The number of hydrogen-bond acceptors (Lipinski definition) is 6. The molecule has 0 saturated heterocycles. The van der Waals surface area contributed by atoms with Crippen molar-refractivity contribution in [3.63, 3.8) is 0 Å². The molecule has 0 aromatic carbocycles. The summed E-state index contributed by atoms with van der Waals surface area (Å²) >= 11 is 3.30. The van der Waals surface area contributed by atoms with Gasteiger partial charge in [0.05, 0.1) is 5.69 Å². The highest BCUT2D eigenvalue weighted by Gasteiger charge is 2.06. The van der Waals surface area contributed by atoms with E-state index in [1.807, 2.05) is 0 Å². The molecule has 0 aliphatic heterocycles. The molecule has 2 rings (SSSR count). The second-order valence-corrected chi connectivity index (χ2v) is 7.00. The molecule has 0 saturated carbocycles. The van der Waals surface area contributed by atoms with Crippen LogP contribution in [0.25, 0.3) is 0 Å². The second kappa shape index (κ2) is 7.59. The highest BCUT2D eigenvalue weighted by Crippen LogP contribution is 2.28. The van der Waals surface area contributed by atoms with Crippen LogP contribution in [0.3, 0.4) is 0 Å². The van der Waals surface area contributed by atoms with Crippen LogP contribution in [0, 0.1) is 0 Å². The quantitative estimate of drug-likeness (QED) is 0.778. The largest absolute Gasteiger partial charge is 0.360 e. The van der Waals surface area contributed by atoms with Gasteiger partial charge in [-0.15, -0.1) is 10.2 Å². The van der Waals surface area contributed by atoms with Gasteiger partial charge >= 0.3 is 0 Å². The van der Waals surface area contributed by atoms with Crippen molar-refractivity contribution in [1.29, 1.82) is 0 Å². The lowest BCUT2D eigenvalue weighted by molar-refractivity contribution is 0.814. The molecule has 4 nitrogen and oxygen atoms in total. The topological polar surface area (TPSA) is 50.7 Å². The average Bonchev–Trinajstić information content (AvgIpc) is 2.91. The highest BCUT2D eigenvalue weighted by atomic mass is 32.2. The number of rotatable bonds is 7. The van der Waals surface area contributed by atoms with Crippen LogP contribution in [-0.4, -0.2) is 21.7 Å². The minimum atomic E-state index is 0.464. The molecule has 0 amide bonds. The van der Waals surface area contributed by atoms with Gasteiger partial charge in [0.2, 0.25) is 5.13 Å². The van der Waals surface area contributed by atoms with Gasteiger partial charge in [0.25, 0.3) is 0 Å². The van der Waals surface area contributed by atoms with E-state index in [0.717, 1.165) is 39.6 Å². The number of thioether (sulfide) groups is 1. The van der Waals surface area contributed by atoms with E-state index in [1.165, 1.54) is 0 Å². The number of anilines is 1. The van der Waals surface area contributed by atoms with Gasteiger partial charge in [0, 0.05) is 18.0 Å². The number of nitrogens with zero attached hydrogens (tertiary/aromatic N) is 3. The standard InChI is InChI=1S/C14H20N4S2/c1-4-8-15-13-17-18-14(20-13)19-9-11-6-5-7-12(16-11)10(2)3/h5-7,10H,4,8-9H2,1-3H3,(H,15,17). The molecule has 2 aromatic rings. The van der Waals surface area contributed by atoms with Gasteiger partial charge < -0.3 is 5.32 Å². The first-order valence-electron chi connectivity index (χ1n) is 6.85. The van der Waals surface area contributed by atoms with Crippen LogP contribution in [0.15, 0.2) is 22.5 Å². The molecule has 108 valence electrons. The van der Waals surface area contributed by atoms with Gasteiger partial charge in [-0.1, -0.05) is 49.9 Å². The van der Waals surface area contributed by atoms with Gasteiger partial charge in [-0.25, -0.2) is 0 Å². The fourth-order valence-electron chi connectivity index (χ4n) is 1.61. The zero-order valence-corrected chi connectivity index (χ0v) is 13.7. The molecule has 1 N–H and O–H groups in total. The van der Waals surface area contributed by atoms with E-state index in [1.54, 1.807) is 23.1 Å². The first kappa shape index (κ1) is 15.3. The van der Waals surface area contributed by atoms with Gasteiger partial charge in [-0.2, -0.15) is 0 Å². The molecule has 20 heavy (non-hydrogen) atoms. The molecule has 0 aliphatic carbocycles. The summed E-state index contributed by atoms with van der Waals surface area (Å²) in [6, 6.07) is 6.22. The Labute approximate surface area is 128 Å². The lowest BCUT2D eigenvalue weighted by atomic mass is 10.1. The number of nitrogens with one attached hydrogen (secondary N) is 1. The van der Waals surface area contributed by atoms with E-state index in [2.05, 4.69) is 59.5 Å². The summed E-state index contributed by atoms with van der Waals surface area (Å²) in [5, 5.41) is 12.5. The minimum absolute atomic E-state index is 0.464. The van der Waals surface area contributed by atoms with Gasteiger partial charge in [-0.3, -0.25) is 4.98 Å². The van der Waals surface area contributed by atoms with Crippen LogP contribution in [0.5, 0.6) is 0 Å². The predicted molar refractivity (Wildman–Crippen MR) is 86.6 cm³/mol. The smallest absolute Gasteiger partial charge is 0.206 e. The van der Waals surface area contributed by atoms with Crippen LogP contribution < -0.4 is 5.32 Å². The number of pyridine rings is 1. The Hall–Kier alpha value is -1.14. The fraction of sp³-hybridized carbons (Fsp3) is 0.500. The Kier molecular flexibility index (Phi) is 5.79. The van der Waals surface area contributed by atoms with Crippen molar-refractivity contribution in [2.24, 2.45) is 0 Å². The molecular formula is C14H20N4S2. The second-order valence-electron chi connectivity index (χ2n) is 4.80. The van der Waals surface area contributed by atoms with E-state index >= 15 is 0 Å². The molecule has 0 aliphatic rings. The van der Waals surface area contributed by atoms with Crippen molar-refractivity contribution in [2.45, 2.75) is 43.2 Å². The maximum Gasteiger partial charge on any atom is 0.206 e. The molecule has 2 heterocycles. The molecule has 6 heteroatoms. The summed E-state index contributed by atoms with van der Waals surface area (Å²) in [7, 11) is 0. The zero-order valence-electron chi connectivity index (χ0n) is 12.1. The van der Waals surface area contributed by atoms with E-state index in [9.17, 15) is 0 Å². The van der Waals surface area contributed by atoms with Crippen molar-refractivity contribution >= 4 is 28.2 Å². The molecule has 0 spiro atoms. The van der Waals surface area contributed by atoms with Crippen molar-refractivity contribution in [3.05, 3.63) is 29.6 Å². The molecule has 2 aromatic heterocycles. The molecule has 0 unspecified atom stereocenters. The van der Waals surface area contributed by atoms with E-state index in [0.29, 0.717) is 5.92 Å². The molecule has 0 atom stereocenters. The van der Waals surface area contributed by atoms with E-state index < -0.39 is 0 Å². The van der Waals surface area contributed by atoms with Gasteiger partial charge in [0.15, 0.2) is 4.34 Å². The summed E-state index contributed by atoms with van der Waals surface area (Å²) in [6.45, 7) is 7.40. The first-order chi connectivity index (χ1) is 9.69. The van der Waals surface area contributed by atoms with Crippen LogP contribution in [-0.2, 0) is 5.75 Å². The SMILES string of the molecule is CCCNc1nnc(SCc2cccc(C(C)C)n2)s1. The van der Waals surface area contributed by atoms with Crippen molar-refractivity contribution in [3.8, 4) is 0 Å². The molecular weight excluding hydrogens is 288 g/mol. The average molecular weight is 308 g/mol. The summed E-state index contributed by atoms with van der Waals surface area (Å²) < 4.78 is 0.986. The van der Waals surface area contributed by atoms with Crippen LogP contribution in [0.1, 0.15) is 44.5 Å². The monoisotopic (exact) mass is 308 g/mol. The van der Waals surface area contributed by atoms with Crippen LogP contribution in [0.2, 0.25) is 0 Å². The Balaban J connectivity index is 1.91. The molecule has 0 bridgehead atoms. The first-order valence-corrected chi connectivity index (χ1v) is 8.65. The maximum atomic E-state index is 4.66. The Morgan fingerprint density at radius 3 is 2.90 bits per heavy atom.